The van der Waals surface area contributed by atoms with Gasteiger partial charge in [0.1, 0.15) is 16.9 Å². The third kappa shape index (κ3) is 2.17. The predicted octanol–water partition coefficient (Wildman–Crippen LogP) is 2.78. The molecule has 0 N–H and O–H groups in total. The molecule has 4 nitrogen and oxygen atoms in total. The topological polar surface area (TPSA) is 43.6 Å². The van der Waals surface area contributed by atoms with Gasteiger partial charge in [-0.25, -0.2) is 9.78 Å². The van der Waals surface area contributed by atoms with Crippen molar-refractivity contribution >= 4 is 38.2 Å². The zero-order valence-electron chi connectivity index (χ0n) is 8.51. The summed E-state index contributed by atoms with van der Waals surface area (Å²) in [5.41, 5.74) is 0.727. The van der Waals surface area contributed by atoms with Gasteiger partial charge in [0.2, 0.25) is 0 Å². The van der Waals surface area contributed by atoms with Gasteiger partial charge in [-0.3, -0.25) is 4.40 Å². The molecule has 2 aromatic heterocycles. The number of allylic oxidation sites excluding steroid dienone is 1. The predicted molar refractivity (Wildman–Crippen MR) is 65.4 cm³/mol. The smallest absolute Gasteiger partial charge is 0.330 e. The van der Waals surface area contributed by atoms with Crippen LogP contribution in [0.2, 0.25) is 0 Å². The first-order valence-electron chi connectivity index (χ1n) is 4.61. The van der Waals surface area contributed by atoms with Crippen molar-refractivity contribution in [1.82, 2.24) is 9.38 Å². The van der Waals surface area contributed by atoms with Gasteiger partial charge in [-0.15, -0.1) is 11.3 Å². The van der Waals surface area contributed by atoms with Crippen LogP contribution in [0, 0.1) is 0 Å². The number of halogens is 1. The highest BCUT2D eigenvalue weighted by molar-refractivity contribution is 9.10. The summed E-state index contributed by atoms with van der Waals surface area (Å²) in [6.07, 6.45) is 4.93. The summed E-state index contributed by atoms with van der Waals surface area (Å²) in [5.74, 6) is -0.356. The lowest BCUT2D eigenvalue weighted by Gasteiger charge is -1.98. The van der Waals surface area contributed by atoms with E-state index in [4.69, 9.17) is 4.74 Å². The van der Waals surface area contributed by atoms with Crippen molar-refractivity contribution in [2.75, 3.05) is 0 Å². The molecule has 0 saturated carbocycles. The van der Waals surface area contributed by atoms with Gasteiger partial charge in [0, 0.05) is 17.7 Å². The minimum Gasteiger partial charge on any atom is -0.456 e. The Balaban J connectivity index is 2.12. The van der Waals surface area contributed by atoms with E-state index < -0.39 is 0 Å². The standard InChI is InChI=1S/C10H9BrN2O2S/c1-2-3-8(14)15-6-7-9(11)13-4-5-16-10(13)12-7/h2-5H,6H2,1H3/b3-2-. The number of esters is 1. The number of thiazole rings is 1. The largest absolute Gasteiger partial charge is 0.456 e. The number of carbonyl (C=O) groups is 1. The van der Waals surface area contributed by atoms with Gasteiger partial charge in [0.05, 0.1) is 0 Å². The van der Waals surface area contributed by atoms with E-state index in [-0.39, 0.29) is 12.6 Å². The van der Waals surface area contributed by atoms with Crippen LogP contribution < -0.4 is 0 Å². The first-order chi connectivity index (χ1) is 7.72. The molecule has 0 bridgehead atoms. The third-order valence-corrected chi connectivity index (χ3v) is 3.52. The van der Waals surface area contributed by atoms with E-state index in [1.54, 1.807) is 13.0 Å². The van der Waals surface area contributed by atoms with E-state index in [0.717, 1.165) is 15.3 Å². The second-order valence-electron chi connectivity index (χ2n) is 3.01. The highest BCUT2D eigenvalue weighted by Gasteiger charge is 2.11. The quantitative estimate of drug-likeness (QED) is 0.647. The Hall–Kier alpha value is -1.14. The first kappa shape index (κ1) is 11.3. The van der Waals surface area contributed by atoms with Crippen molar-refractivity contribution in [3.05, 3.63) is 34.0 Å². The summed E-state index contributed by atoms with van der Waals surface area (Å²) in [6, 6.07) is 0. The second-order valence-corrected chi connectivity index (χ2v) is 4.64. The SMILES string of the molecule is C/C=C\C(=O)OCc1nc2sccn2c1Br. The molecule has 0 radical (unpaired) electrons. The maximum absolute atomic E-state index is 11.1. The molecule has 2 heterocycles. The van der Waals surface area contributed by atoms with E-state index in [0.29, 0.717) is 0 Å². The minimum atomic E-state index is -0.356. The number of ether oxygens (including phenoxy) is 1. The van der Waals surface area contributed by atoms with Crippen LogP contribution in [0.3, 0.4) is 0 Å². The van der Waals surface area contributed by atoms with Crippen molar-refractivity contribution < 1.29 is 9.53 Å². The fraction of sp³-hybridized carbons (Fsp3) is 0.200. The average molecular weight is 301 g/mol. The van der Waals surface area contributed by atoms with Gasteiger partial charge >= 0.3 is 5.97 Å². The van der Waals surface area contributed by atoms with Gasteiger partial charge in [-0.2, -0.15) is 0 Å². The van der Waals surface area contributed by atoms with Gasteiger partial charge in [0.15, 0.2) is 4.96 Å². The van der Waals surface area contributed by atoms with Gasteiger partial charge in [0.25, 0.3) is 0 Å². The van der Waals surface area contributed by atoms with E-state index >= 15 is 0 Å². The number of hydrogen-bond donors (Lipinski definition) is 0. The molecule has 0 unspecified atom stereocenters. The molecule has 84 valence electrons. The third-order valence-electron chi connectivity index (χ3n) is 1.92. The lowest BCUT2D eigenvalue weighted by Crippen LogP contribution is -2.01. The molecule has 0 spiro atoms. The number of nitrogens with zero attached hydrogens (tertiary/aromatic N) is 2. The zero-order chi connectivity index (χ0) is 11.5. The molecular formula is C10H9BrN2O2S. The number of carbonyl (C=O) groups excluding carboxylic acids is 1. The zero-order valence-corrected chi connectivity index (χ0v) is 10.9. The molecule has 16 heavy (non-hydrogen) atoms. The second kappa shape index (κ2) is 4.80. The van der Waals surface area contributed by atoms with Crippen LogP contribution in [0.4, 0.5) is 0 Å². The molecule has 0 amide bonds. The molecule has 2 rings (SSSR count). The highest BCUT2D eigenvalue weighted by atomic mass is 79.9. The fourth-order valence-corrected chi connectivity index (χ4v) is 2.56. The maximum atomic E-state index is 11.1. The van der Waals surface area contributed by atoms with Crippen molar-refractivity contribution in [3.63, 3.8) is 0 Å². The van der Waals surface area contributed by atoms with Crippen LogP contribution in [0.1, 0.15) is 12.6 Å². The maximum Gasteiger partial charge on any atom is 0.330 e. The molecule has 2 aromatic rings. The summed E-state index contributed by atoms with van der Waals surface area (Å²) < 4.78 is 7.76. The van der Waals surface area contributed by atoms with E-state index in [1.165, 1.54) is 17.4 Å². The van der Waals surface area contributed by atoms with E-state index in [9.17, 15) is 4.79 Å². The highest BCUT2D eigenvalue weighted by Crippen LogP contribution is 2.22. The molecule has 6 heteroatoms. The molecule has 0 aliphatic heterocycles. The molecule has 0 aliphatic carbocycles. The molecule has 0 aromatic carbocycles. The number of aromatic nitrogens is 2. The van der Waals surface area contributed by atoms with Crippen LogP contribution in [0.15, 0.2) is 28.3 Å². The molecular weight excluding hydrogens is 292 g/mol. The fourth-order valence-electron chi connectivity index (χ4n) is 1.22. The summed E-state index contributed by atoms with van der Waals surface area (Å²) in [7, 11) is 0. The van der Waals surface area contributed by atoms with Crippen LogP contribution >= 0.6 is 27.3 Å². The monoisotopic (exact) mass is 300 g/mol. The Bertz CT molecular complexity index is 544. The number of rotatable bonds is 3. The minimum absolute atomic E-state index is 0.179. The lowest BCUT2D eigenvalue weighted by atomic mass is 10.5. The lowest BCUT2D eigenvalue weighted by molar-refractivity contribution is -0.139. The summed E-state index contributed by atoms with van der Waals surface area (Å²) in [5, 5.41) is 1.95. The van der Waals surface area contributed by atoms with Gasteiger partial charge < -0.3 is 4.74 Å². The number of imidazole rings is 1. The van der Waals surface area contributed by atoms with Crippen LogP contribution in [-0.2, 0) is 16.1 Å². The Kier molecular flexibility index (Phi) is 3.40. The first-order valence-corrected chi connectivity index (χ1v) is 6.29. The van der Waals surface area contributed by atoms with Gasteiger partial charge in [-0.05, 0) is 22.9 Å². The van der Waals surface area contributed by atoms with Gasteiger partial charge in [-0.1, -0.05) is 6.08 Å². The Labute approximate surface area is 105 Å². The Morgan fingerprint density at radius 2 is 2.56 bits per heavy atom. The van der Waals surface area contributed by atoms with Crippen LogP contribution in [-0.4, -0.2) is 15.4 Å². The number of hydrogen-bond acceptors (Lipinski definition) is 4. The summed E-state index contributed by atoms with van der Waals surface area (Å²) >= 11 is 4.95. The molecule has 0 saturated heterocycles. The summed E-state index contributed by atoms with van der Waals surface area (Å²) in [4.78, 5) is 16.3. The van der Waals surface area contributed by atoms with Crippen molar-refractivity contribution in [2.45, 2.75) is 13.5 Å². The molecule has 0 fully saturated rings. The molecule has 0 atom stereocenters. The number of fused-ring (bicyclic) bond motifs is 1. The normalized spacial score (nSPS) is 11.4. The van der Waals surface area contributed by atoms with Crippen LogP contribution in [0.5, 0.6) is 0 Å². The summed E-state index contributed by atoms with van der Waals surface area (Å²) in [6.45, 7) is 1.95. The average Bonchev–Trinajstić information content (AvgIpc) is 2.80. The Morgan fingerprint density at radius 1 is 1.75 bits per heavy atom. The molecule has 0 aliphatic rings. The van der Waals surface area contributed by atoms with E-state index in [2.05, 4.69) is 20.9 Å². The Morgan fingerprint density at radius 3 is 3.25 bits per heavy atom. The van der Waals surface area contributed by atoms with Crippen molar-refractivity contribution in [1.29, 1.82) is 0 Å². The van der Waals surface area contributed by atoms with Crippen molar-refractivity contribution in [2.24, 2.45) is 0 Å². The van der Waals surface area contributed by atoms with Crippen molar-refractivity contribution in [3.8, 4) is 0 Å². The van der Waals surface area contributed by atoms with Crippen LogP contribution in [0.25, 0.3) is 4.96 Å². The van der Waals surface area contributed by atoms with E-state index in [1.807, 2.05) is 16.0 Å².